The SMILES string of the molecule is Cl.Cl.OC1CCCCCC1. The molecule has 0 bridgehead atoms. The summed E-state index contributed by atoms with van der Waals surface area (Å²) in [5, 5.41) is 9.09. The second kappa shape index (κ2) is 7.64. The van der Waals surface area contributed by atoms with Crippen LogP contribution in [-0.4, -0.2) is 11.2 Å². The first kappa shape index (κ1) is 13.2. The van der Waals surface area contributed by atoms with Crippen molar-refractivity contribution in [3.63, 3.8) is 0 Å². The number of hydrogen-bond donors (Lipinski definition) is 1. The monoisotopic (exact) mass is 186 g/mol. The number of aliphatic hydroxyl groups excluding tert-OH is 1. The van der Waals surface area contributed by atoms with E-state index in [0.29, 0.717) is 0 Å². The highest BCUT2D eigenvalue weighted by Gasteiger charge is 2.06. The minimum atomic E-state index is 0. The van der Waals surface area contributed by atoms with Crippen LogP contribution in [0.15, 0.2) is 0 Å². The standard InChI is InChI=1S/C7H14O.2ClH/c8-7-5-3-1-2-4-6-7;;/h7-8H,1-6H2;2*1H. The van der Waals surface area contributed by atoms with Gasteiger partial charge in [-0.3, -0.25) is 0 Å². The molecule has 0 amide bonds. The van der Waals surface area contributed by atoms with Crippen LogP contribution in [0.1, 0.15) is 38.5 Å². The van der Waals surface area contributed by atoms with Crippen LogP contribution < -0.4 is 0 Å². The lowest BCUT2D eigenvalue weighted by atomic mass is 10.2. The first-order valence-corrected chi connectivity index (χ1v) is 3.57. The summed E-state index contributed by atoms with van der Waals surface area (Å²) in [7, 11) is 0. The molecule has 0 aromatic rings. The molecule has 0 saturated heterocycles. The average molecular weight is 187 g/mol. The number of hydrogen-bond acceptors (Lipinski definition) is 1. The van der Waals surface area contributed by atoms with E-state index in [9.17, 15) is 0 Å². The molecule has 0 aliphatic heterocycles. The van der Waals surface area contributed by atoms with Crippen LogP contribution in [0.2, 0.25) is 0 Å². The van der Waals surface area contributed by atoms with Crippen molar-refractivity contribution in [3.05, 3.63) is 0 Å². The maximum Gasteiger partial charge on any atom is 0.0540 e. The molecule has 0 spiro atoms. The van der Waals surface area contributed by atoms with Crippen molar-refractivity contribution in [2.45, 2.75) is 44.6 Å². The maximum absolute atomic E-state index is 9.09. The molecule has 10 heavy (non-hydrogen) atoms. The minimum absolute atomic E-state index is 0. The molecule has 64 valence electrons. The molecule has 0 atom stereocenters. The zero-order valence-corrected chi connectivity index (χ0v) is 7.72. The summed E-state index contributed by atoms with van der Waals surface area (Å²) in [5.74, 6) is 0. The van der Waals surface area contributed by atoms with Gasteiger partial charge in [0.15, 0.2) is 0 Å². The third-order valence-corrected chi connectivity index (χ3v) is 1.82. The molecule has 1 aliphatic carbocycles. The molecule has 1 N–H and O–H groups in total. The fourth-order valence-electron chi connectivity index (χ4n) is 1.26. The van der Waals surface area contributed by atoms with Crippen LogP contribution in [0.25, 0.3) is 0 Å². The lowest BCUT2D eigenvalue weighted by molar-refractivity contribution is 0.157. The van der Waals surface area contributed by atoms with Gasteiger partial charge in [-0.2, -0.15) is 0 Å². The fraction of sp³-hybridized carbons (Fsp3) is 1.00. The Hall–Kier alpha value is 0.540. The van der Waals surface area contributed by atoms with Gasteiger partial charge in [0, 0.05) is 0 Å². The quantitative estimate of drug-likeness (QED) is 0.578. The Bertz CT molecular complexity index is 60.6. The third-order valence-electron chi connectivity index (χ3n) is 1.82. The van der Waals surface area contributed by atoms with Gasteiger partial charge in [-0.1, -0.05) is 25.7 Å². The van der Waals surface area contributed by atoms with E-state index >= 15 is 0 Å². The Morgan fingerprint density at radius 3 is 1.60 bits per heavy atom. The largest absolute Gasteiger partial charge is 0.393 e. The van der Waals surface area contributed by atoms with Crippen molar-refractivity contribution in [2.24, 2.45) is 0 Å². The highest BCUT2D eigenvalue weighted by Crippen LogP contribution is 2.16. The molecule has 1 fully saturated rings. The molecule has 1 rings (SSSR count). The van der Waals surface area contributed by atoms with Gasteiger partial charge in [0.05, 0.1) is 6.10 Å². The van der Waals surface area contributed by atoms with Crippen molar-refractivity contribution in [1.82, 2.24) is 0 Å². The van der Waals surface area contributed by atoms with Crippen LogP contribution >= 0.6 is 24.8 Å². The lowest BCUT2D eigenvalue weighted by Crippen LogP contribution is -2.02. The predicted octanol–water partition coefficient (Wildman–Crippen LogP) is 2.55. The smallest absolute Gasteiger partial charge is 0.0540 e. The van der Waals surface area contributed by atoms with Gasteiger partial charge in [0.25, 0.3) is 0 Å². The molecule has 3 heteroatoms. The summed E-state index contributed by atoms with van der Waals surface area (Å²) in [6.07, 6.45) is 7.24. The second-order valence-corrected chi connectivity index (χ2v) is 2.65. The van der Waals surface area contributed by atoms with Crippen molar-refractivity contribution in [1.29, 1.82) is 0 Å². The summed E-state index contributed by atoms with van der Waals surface area (Å²) >= 11 is 0. The van der Waals surface area contributed by atoms with Gasteiger partial charge >= 0.3 is 0 Å². The molecular formula is C7H16Cl2O. The van der Waals surface area contributed by atoms with Gasteiger partial charge in [0.2, 0.25) is 0 Å². The molecular weight excluding hydrogens is 171 g/mol. The normalized spacial score (nSPS) is 20.1. The third kappa shape index (κ3) is 5.33. The maximum atomic E-state index is 9.09. The topological polar surface area (TPSA) is 20.2 Å². The molecule has 0 unspecified atom stereocenters. The van der Waals surface area contributed by atoms with Crippen molar-refractivity contribution >= 4 is 24.8 Å². The van der Waals surface area contributed by atoms with Gasteiger partial charge in [-0.15, -0.1) is 24.8 Å². The highest BCUT2D eigenvalue weighted by atomic mass is 35.5. The summed E-state index contributed by atoms with van der Waals surface area (Å²) in [4.78, 5) is 0. The molecule has 1 saturated carbocycles. The highest BCUT2D eigenvalue weighted by molar-refractivity contribution is 5.85. The summed E-state index contributed by atoms with van der Waals surface area (Å²) in [6, 6.07) is 0. The van der Waals surface area contributed by atoms with Crippen molar-refractivity contribution < 1.29 is 5.11 Å². The van der Waals surface area contributed by atoms with Crippen LogP contribution in [0, 0.1) is 0 Å². The van der Waals surface area contributed by atoms with Crippen LogP contribution in [0.4, 0.5) is 0 Å². The van der Waals surface area contributed by atoms with E-state index < -0.39 is 0 Å². The zero-order valence-electron chi connectivity index (χ0n) is 6.08. The van der Waals surface area contributed by atoms with Crippen LogP contribution in [0.5, 0.6) is 0 Å². The van der Waals surface area contributed by atoms with E-state index in [2.05, 4.69) is 0 Å². The number of rotatable bonds is 0. The van der Waals surface area contributed by atoms with Gasteiger partial charge in [-0.05, 0) is 12.8 Å². The van der Waals surface area contributed by atoms with Crippen molar-refractivity contribution in [3.8, 4) is 0 Å². The predicted molar refractivity (Wildman–Crippen MR) is 48.2 cm³/mol. The Morgan fingerprint density at radius 2 is 1.20 bits per heavy atom. The molecule has 1 aliphatic rings. The van der Waals surface area contributed by atoms with E-state index in [0.717, 1.165) is 12.8 Å². The minimum Gasteiger partial charge on any atom is -0.393 e. The molecule has 1 nitrogen and oxygen atoms in total. The van der Waals surface area contributed by atoms with Gasteiger partial charge < -0.3 is 5.11 Å². The zero-order chi connectivity index (χ0) is 5.82. The molecule has 0 aromatic heterocycles. The van der Waals surface area contributed by atoms with E-state index in [1.54, 1.807) is 0 Å². The first-order chi connectivity index (χ1) is 3.89. The summed E-state index contributed by atoms with van der Waals surface area (Å²) in [6.45, 7) is 0. The Labute approximate surface area is 75.0 Å². The van der Waals surface area contributed by atoms with E-state index in [4.69, 9.17) is 5.11 Å². The van der Waals surface area contributed by atoms with Crippen LogP contribution in [-0.2, 0) is 0 Å². The van der Waals surface area contributed by atoms with Gasteiger partial charge in [0.1, 0.15) is 0 Å². The van der Waals surface area contributed by atoms with E-state index in [-0.39, 0.29) is 30.9 Å². The average Bonchev–Trinajstić information content (AvgIpc) is 1.94. The number of aliphatic hydroxyl groups is 1. The van der Waals surface area contributed by atoms with Crippen molar-refractivity contribution in [2.75, 3.05) is 0 Å². The fourth-order valence-corrected chi connectivity index (χ4v) is 1.26. The number of halogens is 2. The van der Waals surface area contributed by atoms with E-state index in [1.807, 2.05) is 0 Å². The van der Waals surface area contributed by atoms with Gasteiger partial charge in [-0.25, -0.2) is 0 Å². The molecule has 0 aromatic carbocycles. The lowest BCUT2D eigenvalue weighted by Gasteiger charge is -2.02. The summed E-state index contributed by atoms with van der Waals surface area (Å²) < 4.78 is 0. The molecule has 0 heterocycles. The Balaban J connectivity index is 0. The molecule has 0 radical (unpaired) electrons. The Morgan fingerprint density at radius 1 is 0.800 bits per heavy atom. The Kier molecular flexibility index (Phi) is 10.1. The van der Waals surface area contributed by atoms with E-state index in [1.165, 1.54) is 25.7 Å². The first-order valence-electron chi connectivity index (χ1n) is 3.57. The summed E-state index contributed by atoms with van der Waals surface area (Å²) in [5.41, 5.74) is 0. The van der Waals surface area contributed by atoms with Crippen LogP contribution in [0.3, 0.4) is 0 Å². The second-order valence-electron chi connectivity index (χ2n) is 2.65.